The Morgan fingerprint density at radius 2 is 0.602 bits per heavy atom. The highest BCUT2D eigenvalue weighted by Crippen LogP contribution is 2.64. The van der Waals surface area contributed by atoms with Crippen LogP contribution in [0, 0.1) is 0 Å². The normalized spacial score (nSPS) is 17.8. The number of rotatable bonds is 20. The Labute approximate surface area is 612 Å². The second-order valence-corrected chi connectivity index (χ2v) is 24.3. The van der Waals surface area contributed by atoms with Crippen LogP contribution in [0.2, 0.25) is 0 Å². The first kappa shape index (κ1) is 78.9. The van der Waals surface area contributed by atoms with Gasteiger partial charge in [0.25, 0.3) is 0 Å². The third-order valence-corrected chi connectivity index (χ3v) is 15.6. The van der Waals surface area contributed by atoms with E-state index in [9.17, 15) is 71.9 Å². The fourth-order valence-corrected chi connectivity index (χ4v) is 12.5. The van der Waals surface area contributed by atoms with Crippen LogP contribution in [-0.2, 0) is 92.5 Å². The number of hydrogen-bond donors (Lipinski definition) is 0. The summed E-state index contributed by atoms with van der Waals surface area (Å²) in [6, 6.07) is 15.3. The topological polar surface area (TPSA) is 422 Å². The van der Waals surface area contributed by atoms with Crippen LogP contribution < -0.4 is 71.1 Å². The molecule has 0 aromatic heterocycles. The van der Waals surface area contributed by atoms with E-state index >= 15 is 0 Å². The van der Waals surface area contributed by atoms with Crippen molar-refractivity contribution in [1.29, 1.82) is 0 Å². The van der Waals surface area contributed by atoms with E-state index in [1.165, 1.54) is 36.4 Å². The lowest BCUT2D eigenvalue weighted by molar-refractivity contribution is -0.155. The molecule has 0 unspecified atom stereocenters. The van der Waals surface area contributed by atoms with Crippen molar-refractivity contribution in [3.05, 3.63) is 123 Å². The van der Waals surface area contributed by atoms with Crippen LogP contribution in [0.15, 0.2) is 78.9 Å². The summed E-state index contributed by atoms with van der Waals surface area (Å²) in [5.41, 5.74) is -2.35. The van der Waals surface area contributed by atoms with Gasteiger partial charge in [0, 0.05) is 179 Å². The van der Waals surface area contributed by atoms with E-state index in [2.05, 4.69) is 0 Å². The molecule has 9 rings (SSSR count). The van der Waals surface area contributed by atoms with Crippen molar-refractivity contribution in [2.45, 2.75) is 159 Å². The van der Waals surface area contributed by atoms with E-state index < -0.39 is 213 Å². The van der Waals surface area contributed by atoms with Gasteiger partial charge in [-0.3, -0.25) is 71.9 Å². The predicted molar refractivity (Wildman–Crippen MR) is 359 cm³/mol. The molecule has 3 aliphatic heterocycles. The Morgan fingerprint density at radius 3 is 0.981 bits per heavy atom. The average Bonchev–Trinajstić information content (AvgIpc) is 0.705. The van der Waals surface area contributed by atoms with Gasteiger partial charge in [-0.25, -0.2) is 0 Å². The summed E-state index contributed by atoms with van der Waals surface area (Å²) < 4.78 is 109. The van der Waals surface area contributed by atoms with Crippen LogP contribution in [-0.4, -0.2) is 108 Å². The van der Waals surface area contributed by atoms with Gasteiger partial charge in [-0.1, -0.05) is 18.2 Å². The second-order valence-electron chi connectivity index (χ2n) is 24.3. The molecule has 6 aromatic carbocycles. The quantitative estimate of drug-likeness (QED) is 0.0391. The maximum atomic E-state index is 14.4. The highest BCUT2D eigenvalue weighted by Gasteiger charge is 2.55. The van der Waals surface area contributed by atoms with E-state index in [4.69, 9.17) is 85.3 Å². The summed E-state index contributed by atoms with van der Waals surface area (Å²) >= 11 is 0. The zero-order chi connectivity index (χ0) is 79.2. The van der Waals surface area contributed by atoms with Gasteiger partial charge < -0.3 is 85.3 Å². The molecule has 33 nitrogen and oxygen atoms in total. The maximum Gasteiger partial charge on any atom is 0.308 e. The molecule has 3 heterocycles. The molecule has 0 spiro atoms. The van der Waals surface area contributed by atoms with Crippen LogP contribution >= 0.6 is 0 Å². The number of esters is 15. The Bertz CT molecular complexity index is 4790. The SMILES string of the molecule is CC(=O)Oc1cc(OC(C)=O)c2c(c1)O[C@H](c1ccc(OC(C)=O)c(OC(C)=O)c1)[C@H](OC(C)=O)[C@H]2c1c(OC(C)=O)cc(OC(C)=O)c2c1O[C@H](c1ccc(OC(C)=O)c(OC(C)=O)c1)[C@H](OC(C)=O)[C@H]2c1c(OC(C)=O)cc2c(c1OC(C)=O)C[C@@H](OC(C)=O)[C@@H](c1ccc(OC(C)=O)c(OC(C)=O)c1)O2. The lowest BCUT2D eigenvalue weighted by Crippen LogP contribution is -2.42. The predicted octanol–water partition coefficient (Wildman–Crippen LogP) is 8.79. The highest BCUT2D eigenvalue weighted by molar-refractivity contribution is 5.84. The summed E-state index contributed by atoms with van der Waals surface area (Å²) in [5.74, 6) is -26.2. The number of benzene rings is 6. The minimum absolute atomic E-state index is 0.0876. The lowest BCUT2D eigenvalue weighted by atomic mass is 9.73. The van der Waals surface area contributed by atoms with Crippen molar-refractivity contribution in [3.8, 4) is 86.2 Å². The van der Waals surface area contributed by atoms with E-state index in [1.54, 1.807) is 0 Å². The smallest absolute Gasteiger partial charge is 0.308 e. The van der Waals surface area contributed by atoms with Gasteiger partial charge >= 0.3 is 89.5 Å². The first-order chi connectivity index (χ1) is 50.8. The van der Waals surface area contributed by atoms with Crippen LogP contribution in [0.5, 0.6) is 86.2 Å². The van der Waals surface area contributed by atoms with Gasteiger partial charge in [-0.2, -0.15) is 0 Å². The highest BCUT2D eigenvalue weighted by atomic mass is 16.6. The fourth-order valence-electron chi connectivity index (χ4n) is 12.5. The zero-order valence-electron chi connectivity index (χ0n) is 60.3. The molecule has 0 fully saturated rings. The fraction of sp³-hybridized carbons (Fsp3) is 0.320. The van der Waals surface area contributed by atoms with Crippen LogP contribution in [0.4, 0.5) is 0 Å². The molecule has 0 N–H and O–H groups in total. The van der Waals surface area contributed by atoms with Crippen LogP contribution in [0.3, 0.4) is 0 Å². The Hall–Kier alpha value is -13.2. The van der Waals surface area contributed by atoms with E-state index in [0.29, 0.717) is 0 Å². The van der Waals surface area contributed by atoms with Gasteiger partial charge in [0.1, 0.15) is 57.8 Å². The molecule has 108 heavy (non-hydrogen) atoms. The molecule has 566 valence electrons. The summed E-state index contributed by atoms with van der Waals surface area (Å²) in [6.45, 7) is 15.0. The molecule has 0 radical (unpaired) electrons. The Morgan fingerprint density at radius 1 is 0.278 bits per heavy atom. The summed E-state index contributed by atoms with van der Waals surface area (Å²) in [5, 5.41) is 0. The van der Waals surface area contributed by atoms with Crippen molar-refractivity contribution in [3.63, 3.8) is 0 Å². The van der Waals surface area contributed by atoms with Crippen LogP contribution in [0.25, 0.3) is 0 Å². The van der Waals surface area contributed by atoms with E-state index in [-0.39, 0.29) is 62.3 Å². The molecule has 0 aliphatic carbocycles. The molecule has 0 saturated heterocycles. The van der Waals surface area contributed by atoms with Crippen molar-refractivity contribution in [2.75, 3.05) is 0 Å². The molecule has 0 bridgehead atoms. The number of hydrogen-bond acceptors (Lipinski definition) is 33. The monoisotopic (exact) mass is 1500 g/mol. The summed E-state index contributed by atoms with van der Waals surface area (Å²) in [6.07, 6.45) is -11.5. The number of ether oxygens (including phenoxy) is 18. The third-order valence-electron chi connectivity index (χ3n) is 15.6. The van der Waals surface area contributed by atoms with Gasteiger partial charge in [-0.15, -0.1) is 0 Å². The third kappa shape index (κ3) is 18.5. The second kappa shape index (κ2) is 32.8. The molecular formula is C75H68O33. The van der Waals surface area contributed by atoms with E-state index in [1.807, 2.05) is 0 Å². The Kier molecular flexibility index (Phi) is 24.0. The maximum absolute atomic E-state index is 14.4. The van der Waals surface area contributed by atoms with Gasteiger partial charge in [0.05, 0.1) is 11.8 Å². The van der Waals surface area contributed by atoms with Gasteiger partial charge in [0.15, 0.2) is 65.0 Å². The lowest BCUT2D eigenvalue weighted by Gasteiger charge is -2.45. The summed E-state index contributed by atoms with van der Waals surface area (Å²) in [7, 11) is 0. The summed E-state index contributed by atoms with van der Waals surface area (Å²) in [4.78, 5) is 201. The molecule has 0 amide bonds. The molecule has 3 aliphatic rings. The van der Waals surface area contributed by atoms with Crippen LogP contribution in [0.1, 0.15) is 179 Å². The van der Waals surface area contributed by atoms with Gasteiger partial charge in [0.2, 0.25) is 0 Å². The number of carbonyl (C=O) groups is 15. The van der Waals surface area contributed by atoms with Crippen molar-refractivity contribution in [2.24, 2.45) is 0 Å². The number of carbonyl (C=O) groups excluding carboxylic acids is 15. The van der Waals surface area contributed by atoms with Crippen molar-refractivity contribution >= 4 is 89.5 Å². The molecule has 33 heteroatoms. The van der Waals surface area contributed by atoms with Crippen molar-refractivity contribution in [1.82, 2.24) is 0 Å². The molecule has 0 saturated carbocycles. The first-order valence-corrected chi connectivity index (χ1v) is 32.6. The average molecular weight is 1500 g/mol. The number of fused-ring (bicyclic) bond motifs is 3. The molecular weight excluding hydrogens is 1430 g/mol. The van der Waals surface area contributed by atoms with Gasteiger partial charge in [-0.05, 0) is 36.4 Å². The zero-order valence-corrected chi connectivity index (χ0v) is 60.3. The first-order valence-electron chi connectivity index (χ1n) is 32.6. The molecule has 6 aromatic rings. The van der Waals surface area contributed by atoms with E-state index in [0.717, 1.165) is 146 Å². The largest absolute Gasteiger partial charge is 0.481 e. The Balaban J connectivity index is 1.53. The standard InChI is InChI=1S/C75H68O33/c1-30(76)91-48-25-57(98-37(8)83)63-58(26-48)107-70(46-17-20-51(93-32(3)78)55(23-46)96-35(6)81)74(104-43(14)89)67(63)65-60(100-39(10)85)29-61(101-40(11)86)66-68(75(105-44(15)90)71(108-73(65)66)47-18-21-52(94-33(4)79)56(24-47)97-36(7)82)64-59(99-38(9)84)28-53-49(72(64)103-42(13)88)27-62(102-41(12)87)69(106-53)45-16-19-50(92-31(2)77)54(22-45)95-34(5)80/h16-26,28-29,62,67-71,74-75H,27H2,1-15H3/t62-,67-,68+,69-,70-,71-,74-,75-/m1/s1. The molecule has 8 atom stereocenters. The van der Waals surface area contributed by atoms with Crippen molar-refractivity contribution < 1.29 is 157 Å². The minimum atomic E-state index is -2.12. The minimum Gasteiger partial charge on any atom is -0.481 e.